The highest BCUT2D eigenvalue weighted by Gasteiger charge is 2.51. The van der Waals surface area contributed by atoms with Gasteiger partial charge in [-0.05, 0) is 74.6 Å². The standard InChI is InChI=1S/C25H34BNO2/c1-22(2)13-14-23(3,4)20-15-17(9-11-19(20)22)21-12-10-18(16-27-21)26-28-24(5,6)25(7,8)29-26/h9-12,15-16H,13-14H2,1-8H3. The Balaban J connectivity index is 1.64. The first-order valence-corrected chi connectivity index (χ1v) is 10.8. The van der Waals surface area contributed by atoms with E-state index < -0.39 is 0 Å². The summed E-state index contributed by atoms with van der Waals surface area (Å²) < 4.78 is 12.3. The van der Waals surface area contributed by atoms with Crippen LogP contribution in [0.25, 0.3) is 11.3 Å². The molecule has 4 rings (SSSR count). The smallest absolute Gasteiger partial charge is 0.399 e. The van der Waals surface area contributed by atoms with Crippen molar-refractivity contribution in [1.29, 1.82) is 0 Å². The van der Waals surface area contributed by atoms with Crippen LogP contribution < -0.4 is 5.46 Å². The first-order chi connectivity index (χ1) is 13.3. The number of hydrogen-bond acceptors (Lipinski definition) is 3. The molecule has 0 unspecified atom stereocenters. The second kappa shape index (κ2) is 6.42. The highest BCUT2D eigenvalue weighted by Crippen LogP contribution is 2.46. The molecule has 0 saturated carbocycles. The van der Waals surface area contributed by atoms with Crippen LogP contribution in [0.3, 0.4) is 0 Å². The largest absolute Gasteiger partial charge is 0.496 e. The van der Waals surface area contributed by atoms with Crippen molar-refractivity contribution in [3.63, 3.8) is 0 Å². The molecular weight excluding hydrogens is 357 g/mol. The molecule has 2 aliphatic rings. The Morgan fingerprint density at radius 3 is 1.90 bits per heavy atom. The van der Waals surface area contributed by atoms with Crippen LogP contribution in [0.15, 0.2) is 36.5 Å². The van der Waals surface area contributed by atoms with Crippen molar-refractivity contribution in [3.8, 4) is 11.3 Å². The van der Waals surface area contributed by atoms with E-state index in [9.17, 15) is 0 Å². The third kappa shape index (κ3) is 3.45. The summed E-state index contributed by atoms with van der Waals surface area (Å²) >= 11 is 0. The van der Waals surface area contributed by atoms with Crippen LogP contribution in [0.5, 0.6) is 0 Å². The molecule has 29 heavy (non-hydrogen) atoms. The summed E-state index contributed by atoms with van der Waals surface area (Å²) in [6, 6.07) is 11.1. The summed E-state index contributed by atoms with van der Waals surface area (Å²) in [6.45, 7) is 17.7. The van der Waals surface area contributed by atoms with E-state index in [0.717, 1.165) is 11.2 Å². The highest BCUT2D eigenvalue weighted by molar-refractivity contribution is 6.62. The van der Waals surface area contributed by atoms with Crippen molar-refractivity contribution in [2.24, 2.45) is 0 Å². The van der Waals surface area contributed by atoms with Gasteiger partial charge in [-0.2, -0.15) is 0 Å². The summed E-state index contributed by atoms with van der Waals surface area (Å²) in [5.41, 5.74) is 5.82. The van der Waals surface area contributed by atoms with Gasteiger partial charge in [-0.15, -0.1) is 0 Å². The quantitative estimate of drug-likeness (QED) is 0.643. The fraction of sp³-hybridized carbons (Fsp3) is 0.560. The van der Waals surface area contributed by atoms with E-state index in [-0.39, 0.29) is 29.2 Å². The molecule has 0 atom stereocenters. The maximum absolute atomic E-state index is 6.16. The summed E-state index contributed by atoms with van der Waals surface area (Å²) in [6.07, 6.45) is 4.34. The van der Waals surface area contributed by atoms with Crippen molar-refractivity contribution < 1.29 is 9.31 Å². The molecule has 3 nitrogen and oxygen atoms in total. The number of pyridine rings is 1. The third-order valence-corrected chi connectivity index (χ3v) is 7.46. The molecule has 0 amide bonds. The van der Waals surface area contributed by atoms with Crippen molar-refractivity contribution in [2.45, 2.75) is 90.3 Å². The van der Waals surface area contributed by atoms with Crippen LogP contribution in [-0.4, -0.2) is 23.3 Å². The molecule has 0 radical (unpaired) electrons. The summed E-state index contributed by atoms with van der Waals surface area (Å²) in [4.78, 5) is 4.76. The van der Waals surface area contributed by atoms with Crippen LogP contribution >= 0.6 is 0 Å². The highest BCUT2D eigenvalue weighted by atomic mass is 16.7. The van der Waals surface area contributed by atoms with Crippen LogP contribution in [0, 0.1) is 0 Å². The Morgan fingerprint density at radius 1 is 0.759 bits per heavy atom. The molecule has 1 saturated heterocycles. The molecule has 1 aliphatic heterocycles. The van der Waals surface area contributed by atoms with Gasteiger partial charge in [0, 0.05) is 17.2 Å². The van der Waals surface area contributed by atoms with E-state index in [4.69, 9.17) is 14.3 Å². The van der Waals surface area contributed by atoms with Gasteiger partial charge in [0.1, 0.15) is 0 Å². The third-order valence-electron chi connectivity index (χ3n) is 7.46. The van der Waals surface area contributed by atoms with Crippen molar-refractivity contribution >= 4 is 12.6 Å². The molecular formula is C25H34BNO2. The van der Waals surface area contributed by atoms with Crippen molar-refractivity contribution in [1.82, 2.24) is 4.98 Å². The van der Waals surface area contributed by atoms with Crippen LogP contribution in [0.1, 0.15) is 79.4 Å². The lowest BCUT2D eigenvalue weighted by Crippen LogP contribution is -2.41. The monoisotopic (exact) mass is 391 g/mol. The minimum absolute atomic E-state index is 0.198. The summed E-state index contributed by atoms with van der Waals surface area (Å²) in [5, 5.41) is 0. The maximum Gasteiger partial charge on any atom is 0.496 e. The van der Waals surface area contributed by atoms with E-state index in [1.165, 1.54) is 29.5 Å². The van der Waals surface area contributed by atoms with Gasteiger partial charge in [-0.25, -0.2) is 0 Å². The van der Waals surface area contributed by atoms with Crippen LogP contribution in [0.2, 0.25) is 0 Å². The minimum Gasteiger partial charge on any atom is -0.399 e. The number of nitrogens with zero attached hydrogens (tertiary/aromatic N) is 1. The Hall–Kier alpha value is -1.65. The lowest BCUT2D eigenvalue weighted by molar-refractivity contribution is 0.00578. The Bertz CT molecular complexity index is 912. The molecule has 0 bridgehead atoms. The fourth-order valence-corrected chi connectivity index (χ4v) is 4.44. The van der Waals surface area contributed by atoms with E-state index >= 15 is 0 Å². The number of aromatic nitrogens is 1. The fourth-order valence-electron chi connectivity index (χ4n) is 4.44. The number of benzene rings is 1. The molecule has 1 aromatic carbocycles. The number of fused-ring (bicyclic) bond motifs is 1. The summed E-state index contributed by atoms with van der Waals surface area (Å²) in [7, 11) is -0.371. The van der Waals surface area contributed by atoms with Crippen LogP contribution in [-0.2, 0) is 20.1 Å². The lowest BCUT2D eigenvalue weighted by Gasteiger charge is -2.42. The van der Waals surface area contributed by atoms with Gasteiger partial charge < -0.3 is 9.31 Å². The second-order valence-electron chi connectivity index (χ2n) is 11.1. The zero-order chi connectivity index (χ0) is 21.2. The predicted octanol–water partition coefficient (Wildman–Crippen LogP) is 5.40. The first kappa shape index (κ1) is 20.6. The zero-order valence-corrected chi connectivity index (χ0v) is 19.2. The Kier molecular flexibility index (Phi) is 4.57. The van der Waals surface area contributed by atoms with E-state index in [1.807, 2.05) is 6.20 Å². The molecule has 2 heterocycles. The Labute approximate surface area is 176 Å². The lowest BCUT2D eigenvalue weighted by atomic mass is 9.63. The topological polar surface area (TPSA) is 31.4 Å². The normalized spacial score (nSPS) is 23.7. The van der Waals surface area contributed by atoms with Gasteiger partial charge in [0.25, 0.3) is 0 Å². The van der Waals surface area contributed by atoms with Gasteiger partial charge in [0.2, 0.25) is 0 Å². The van der Waals surface area contributed by atoms with Gasteiger partial charge in [0.05, 0.1) is 16.9 Å². The first-order valence-electron chi connectivity index (χ1n) is 10.8. The SMILES string of the molecule is CC1(C)CCC(C)(C)c2cc(-c3ccc(B4OC(C)(C)C(C)(C)O4)cn3)ccc21. The number of hydrogen-bond donors (Lipinski definition) is 0. The van der Waals surface area contributed by atoms with E-state index in [1.54, 1.807) is 0 Å². The average molecular weight is 391 g/mol. The molecule has 1 aromatic heterocycles. The number of rotatable bonds is 2. The van der Waals surface area contributed by atoms with E-state index in [2.05, 4.69) is 85.7 Å². The Morgan fingerprint density at radius 2 is 1.34 bits per heavy atom. The molecule has 0 N–H and O–H groups in total. The zero-order valence-electron chi connectivity index (χ0n) is 19.2. The van der Waals surface area contributed by atoms with Crippen molar-refractivity contribution in [3.05, 3.63) is 47.7 Å². The molecule has 1 aliphatic carbocycles. The van der Waals surface area contributed by atoms with E-state index in [0.29, 0.717) is 0 Å². The molecule has 4 heteroatoms. The summed E-state index contributed by atoms with van der Waals surface area (Å²) in [5.74, 6) is 0. The molecule has 154 valence electrons. The molecule has 0 spiro atoms. The molecule has 2 aromatic rings. The van der Waals surface area contributed by atoms with Gasteiger partial charge in [-0.1, -0.05) is 45.9 Å². The maximum atomic E-state index is 6.16. The second-order valence-corrected chi connectivity index (χ2v) is 11.1. The predicted molar refractivity (Wildman–Crippen MR) is 121 cm³/mol. The average Bonchev–Trinajstić information content (AvgIpc) is 2.86. The van der Waals surface area contributed by atoms with Gasteiger partial charge in [-0.3, -0.25) is 4.98 Å². The minimum atomic E-state index is -0.371. The van der Waals surface area contributed by atoms with Crippen molar-refractivity contribution in [2.75, 3.05) is 0 Å². The van der Waals surface area contributed by atoms with Gasteiger partial charge in [0.15, 0.2) is 0 Å². The van der Waals surface area contributed by atoms with Gasteiger partial charge >= 0.3 is 7.12 Å². The van der Waals surface area contributed by atoms with Crippen LogP contribution in [0.4, 0.5) is 0 Å². The molecule has 1 fully saturated rings.